The van der Waals surface area contributed by atoms with E-state index in [-0.39, 0.29) is 16.7 Å². The molecule has 0 amide bonds. The first-order chi connectivity index (χ1) is 8.69. The number of nitrogens with zero attached hydrogens (tertiary/aromatic N) is 2. The van der Waals surface area contributed by atoms with Crippen molar-refractivity contribution in [1.82, 2.24) is 4.90 Å². The lowest BCUT2D eigenvalue weighted by Crippen LogP contribution is -2.28. The molecule has 5 heteroatoms. The summed E-state index contributed by atoms with van der Waals surface area (Å²) in [5.74, 6) is 0.311. The first kappa shape index (κ1) is 13.0. The Balaban J connectivity index is 2.42. The van der Waals surface area contributed by atoms with Crippen molar-refractivity contribution in [2.45, 2.75) is 19.4 Å². The van der Waals surface area contributed by atoms with Gasteiger partial charge in [0.25, 0.3) is 5.69 Å². The van der Waals surface area contributed by atoms with Gasteiger partial charge in [-0.2, -0.15) is 0 Å². The second-order valence-corrected chi connectivity index (χ2v) is 4.67. The van der Waals surface area contributed by atoms with Gasteiger partial charge < -0.3 is 5.73 Å². The minimum Gasteiger partial charge on any atom is -0.330 e. The average molecular weight is 249 g/mol. The maximum Gasteiger partial charge on any atom is 0.274 e. The van der Waals surface area contributed by atoms with Crippen LogP contribution in [-0.2, 0) is 0 Å². The van der Waals surface area contributed by atoms with Crippen LogP contribution < -0.4 is 5.73 Å². The van der Waals surface area contributed by atoms with Gasteiger partial charge in [0.1, 0.15) is 0 Å². The topological polar surface area (TPSA) is 72.4 Å². The van der Waals surface area contributed by atoms with Gasteiger partial charge >= 0.3 is 0 Å². The van der Waals surface area contributed by atoms with Gasteiger partial charge in [0, 0.05) is 17.7 Å². The number of hydrogen-bond donors (Lipinski definition) is 1. The third kappa shape index (κ3) is 2.23. The fourth-order valence-corrected chi connectivity index (χ4v) is 2.88. The van der Waals surface area contributed by atoms with E-state index in [4.69, 9.17) is 5.73 Å². The molecule has 0 bridgehead atoms. The van der Waals surface area contributed by atoms with Crippen molar-refractivity contribution in [2.24, 2.45) is 11.7 Å². The second kappa shape index (κ2) is 5.46. The Bertz CT molecular complexity index is 424. The molecule has 1 aromatic rings. The lowest BCUT2D eigenvalue weighted by atomic mass is 9.92. The van der Waals surface area contributed by atoms with Crippen molar-refractivity contribution in [1.29, 1.82) is 0 Å². The van der Waals surface area contributed by atoms with E-state index < -0.39 is 0 Å². The summed E-state index contributed by atoms with van der Waals surface area (Å²) in [6, 6.07) is 7.10. The first-order valence-corrected chi connectivity index (χ1v) is 6.36. The Morgan fingerprint density at radius 2 is 2.22 bits per heavy atom. The standard InChI is InChI=1S/C13H19N3O2/c1-2-15-8-7-10(9-14)13(15)11-5-3-4-6-12(11)16(17)18/h3-6,10,13H,2,7-9,14H2,1H3. The van der Waals surface area contributed by atoms with Gasteiger partial charge in [-0.05, 0) is 32.0 Å². The first-order valence-electron chi connectivity index (χ1n) is 6.36. The van der Waals surface area contributed by atoms with Gasteiger partial charge in [0.2, 0.25) is 0 Å². The van der Waals surface area contributed by atoms with Crippen LogP contribution in [0.5, 0.6) is 0 Å². The molecule has 5 nitrogen and oxygen atoms in total. The minimum atomic E-state index is -0.297. The van der Waals surface area contributed by atoms with E-state index in [1.54, 1.807) is 12.1 Å². The molecular weight excluding hydrogens is 230 g/mol. The zero-order valence-electron chi connectivity index (χ0n) is 10.6. The molecular formula is C13H19N3O2. The van der Waals surface area contributed by atoms with Crippen LogP contribution in [-0.4, -0.2) is 29.5 Å². The number of rotatable bonds is 4. The summed E-state index contributed by atoms with van der Waals surface area (Å²) in [5.41, 5.74) is 6.82. The highest BCUT2D eigenvalue weighted by molar-refractivity contribution is 5.42. The quantitative estimate of drug-likeness (QED) is 0.653. The molecule has 0 saturated carbocycles. The zero-order valence-corrected chi connectivity index (χ0v) is 10.6. The molecule has 1 heterocycles. The van der Waals surface area contributed by atoms with Crippen LogP contribution in [0, 0.1) is 16.0 Å². The van der Waals surface area contributed by atoms with Crippen molar-refractivity contribution in [2.75, 3.05) is 19.6 Å². The summed E-state index contributed by atoms with van der Waals surface area (Å²) < 4.78 is 0. The normalized spacial score (nSPS) is 24.3. The highest BCUT2D eigenvalue weighted by atomic mass is 16.6. The van der Waals surface area contributed by atoms with Gasteiger partial charge in [-0.1, -0.05) is 25.1 Å². The molecule has 18 heavy (non-hydrogen) atoms. The van der Waals surface area contributed by atoms with E-state index >= 15 is 0 Å². The maximum absolute atomic E-state index is 11.1. The van der Waals surface area contributed by atoms with Crippen LogP contribution in [0.15, 0.2) is 24.3 Å². The summed E-state index contributed by atoms with van der Waals surface area (Å²) in [7, 11) is 0. The molecule has 0 aromatic heterocycles. The number of nitro benzene ring substituents is 1. The van der Waals surface area contributed by atoms with Gasteiger partial charge in [0.05, 0.1) is 4.92 Å². The molecule has 1 aliphatic heterocycles. The van der Waals surface area contributed by atoms with Crippen molar-refractivity contribution in [3.8, 4) is 0 Å². The number of likely N-dealkylation sites (tertiary alicyclic amines) is 1. The van der Waals surface area contributed by atoms with Crippen LogP contribution in [0.3, 0.4) is 0 Å². The Morgan fingerprint density at radius 3 is 2.83 bits per heavy atom. The maximum atomic E-state index is 11.1. The van der Waals surface area contributed by atoms with E-state index in [0.717, 1.165) is 25.1 Å². The predicted octanol–water partition coefficient (Wildman–Crippen LogP) is 1.94. The lowest BCUT2D eigenvalue weighted by Gasteiger charge is -2.26. The van der Waals surface area contributed by atoms with Gasteiger partial charge in [-0.25, -0.2) is 0 Å². The van der Waals surface area contributed by atoms with Crippen molar-refractivity contribution in [3.05, 3.63) is 39.9 Å². The molecule has 2 unspecified atom stereocenters. The van der Waals surface area contributed by atoms with Crippen molar-refractivity contribution < 1.29 is 4.92 Å². The van der Waals surface area contributed by atoms with Crippen molar-refractivity contribution >= 4 is 5.69 Å². The summed E-state index contributed by atoms with van der Waals surface area (Å²) in [6.07, 6.45) is 1.01. The van der Waals surface area contributed by atoms with E-state index in [0.29, 0.717) is 12.5 Å². The average Bonchev–Trinajstić information content (AvgIpc) is 2.81. The summed E-state index contributed by atoms with van der Waals surface area (Å²) in [5, 5.41) is 11.1. The van der Waals surface area contributed by atoms with E-state index in [1.807, 2.05) is 12.1 Å². The zero-order chi connectivity index (χ0) is 13.1. The fraction of sp³-hybridized carbons (Fsp3) is 0.538. The molecule has 1 fully saturated rings. The van der Waals surface area contributed by atoms with Gasteiger partial charge in [0.15, 0.2) is 0 Å². The molecule has 2 atom stereocenters. The molecule has 0 spiro atoms. The molecule has 1 aromatic carbocycles. The van der Waals surface area contributed by atoms with Gasteiger partial charge in [-0.15, -0.1) is 0 Å². The monoisotopic (exact) mass is 249 g/mol. The third-order valence-corrected chi connectivity index (χ3v) is 3.79. The Kier molecular flexibility index (Phi) is 3.93. The number of para-hydroxylation sites is 1. The predicted molar refractivity (Wildman–Crippen MR) is 70.2 cm³/mol. The smallest absolute Gasteiger partial charge is 0.274 e. The number of benzene rings is 1. The minimum absolute atomic E-state index is 0.0848. The van der Waals surface area contributed by atoms with E-state index in [1.165, 1.54) is 0 Å². The SMILES string of the molecule is CCN1CCC(CN)C1c1ccccc1[N+](=O)[O-]. The second-order valence-electron chi connectivity index (χ2n) is 4.67. The molecule has 1 saturated heterocycles. The largest absolute Gasteiger partial charge is 0.330 e. The Morgan fingerprint density at radius 1 is 1.50 bits per heavy atom. The van der Waals surface area contributed by atoms with Crippen LogP contribution >= 0.6 is 0 Å². The highest BCUT2D eigenvalue weighted by Crippen LogP contribution is 2.40. The van der Waals surface area contributed by atoms with E-state index in [9.17, 15) is 10.1 Å². The van der Waals surface area contributed by atoms with Crippen LogP contribution in [0.2, 0.25) is 0 Å². The molecule has 0 aliphatic carbocycles. The fourth-order valence-electron chi connectivity index (χ4n) is 2.88. The van der Waals surface area contributed by atoms with Crippen LogP contribution in [0.4, 0.5) is 5.69 Å². The summed E-state index contributed by atoms with van der Waals surface area (Å²) in [4.78, 5) is 13.1. The summed E-state index contributed by atoms with van der Waals surface area (Å²) >= 11 is 0. The molecule has 2 rings (SSSR count). The number of nitrogens with two attached hydrogens (primary N) is 1. The Hall–Kier alpha value is -1.46. The van der Waals surface area contributed by atoms with Crippen LogP contribution in [0.25, 0.3) is 0 Å². The number of hydrogen-bond acceptors (Lipinski definition) is 4. The molecule has 98 valence electrons. The molecule has 1 aliphatic rings. The Labute approximate surface area is 107 Å². The third-order valence-electron chi connectivity index (χ3n) is 3.79. The van der Waals surface area contributed by atoms with Gasteiger partial charge in [-0.3, -0.25) is 15.0 Å². The highest BCUT2D eigenvalue weighted by Gasteiger charge is 2.36. The van der Waals surface area contributed by atoms with Crippen LogP contribution in [0.1, 0.15) is 24.9 Å². The van der Waals surface area contributed by atoms with E-state index in [2.05, 4.69) is 11.8 Å². The number of nitro groups is 1. The molecule has 0 radical (unpaired) electrons. The lowest BCUT2D eigenvalue weighted by molar-refractivity contribution is -0.386. The summed E-state index contributed by atoms with van der Waals surface area (Å²) in [6.45, 7) is 4.52. The van der Waals surface area contributed by atoms with Crippen molar-refractivity contribution in [3.63, 3.8) is 0 Å². The molecule has 2 N–H and O–H groups in total.